The van der Waals surface area contributed by atoms with Gasteiger partial charge in [-0.25, -0.2) is 0 Å². The van der Waals surface area contributed by atoms with Crippen molar-refractivity contribution in [3.05, 3.63) is 65.5 Å². The number of likely N-dealkylation sites (tertiary alicyclic amines) is 1. The van der Waals surface area contributed by atoms with Gasteiger partial charge in [0.25, 0.3) is 0 Å². The SMILES string of the molecule is CC(=O)N1Cc2ccccc2CC2(CCCCN2Cc2cccnc2)C1. The first-order chi connectivity index (χ1) is 12.7. The molecule has 0 saturated carbocycles. The van der Waals surface area contributed by atoms with Crippen LogP contribution in [0.15, 0.2) is 48.8 Å². The average Bonchev–Trinajstić information content (AvgIpc) is 2.82. The Balaban J connectivity index is 1.71. The second-order valence-electron chi connectivity index (χ2n) is 7.78. The number of carbonyl (C=O) groups excluding carboxylic acids is 1. The zero-order valence-electron chi connectivity index (χ0n) is 15.5. The first-order valence-corrected chi connectivity index (χ1v) is 9.63. The molecule has 2 aliphatic rings. The fourth-order valence-electron chi connectivity index (χ4n) is 4.62. The second-order valence-corrected chi connectivity index (χ2v) is 7.78. The topological polar surface area (TPSA) is 36.4 Å². The van der Waals surface area contributed by atoms with Crippen molar-refractivity contribution in [1.82, 2.24) is 14.8 Å². The maximum absolute atomic E-state index is 12.3. The minimum absolute atomic E-state index is 0.0202. The van der Waals surface area contributed by atoms with Crippen LogP contribution in [0.2, 0.25) is 0 Å². The van der Waals surface area contributed by atoms with E-state index in [1.54, 1.807) is 6.92 Å². The van der Waals surface area contributed by atoms with E-state index < -0.39 is 0 Å². The summed E-state index contributed by atoms with van der Waals surface area (Å²) in [6.07, 6.45) is 8.42. The van der Waals surface area contributed by atoms with Gasteiger partial charge in [-0.15, -0.1) is 0 Å². The van der Waals surface area contributed by atoms with Crippen molar-refractivity contribution < 1.29 is 4.79 Å². The molecule has 0 aliphatic carbocycles. The molecule has 0 N–H and O–H groups in total. The first kappa shape index (κ1) is 17.2. The number of benzene rings is 1. The van der Waals surface area contributed by atoms with Crippen molar-refractivity contribution in [3.8, 4) is 0 Å². The summed E-state index contributed by atoms with van der Waals surface area (Å²) in [5, 5.41) is 0. The number of fused-ring (bicyclic) bond motifs is 1. The first-order valence-electron chi connectivity index (χ1n) is 9.63. The lowest BCUT2D eigenvalue weighted by Gasteiger charge is -2.48. The van der Waals surface area contributed by atoms with E-state index >= 15 is 0 Å². The third kappa shape index (κ3) is 3.38. The van der Waals surface area contributed by atoms with Crippen LogP contribution in [0, 0.1) is 0 Å². The molecule has 0 bridgehead atoms. The van der Waals surface area contributed by atoms with Crippen molar-refractivity contribution in [1.29, 1.82) is 0 Å². The number of amides is 1. The number of nitrogens with zero attached hydrogens (tertiary/aromatic N) is 3. The monoisotopic (exact) mass is 349 g/mol. The van der Waals surface area contributed by atoms with Gasteiger partial charge in [-0.05, 0) is 48.6 Å². The maximum Gasteiger partial charge on any atom is 0.219 e. The minimum atomic E-state index is 0.0202. The highest BCUT2D eigenvalue weighted by Gasteiger charge is 2.42. The van der Waals surface area contributed by atoms with Crippen molar-refractivity contribution in [2.45, 2.75) is 51.2 Å². The van der Waals surface area contributed by atoms with Crippen LogP contribution >= 0.6 is 0 Å². The Labute approximate surface area is 155 Å². The summed E-state index contributed by atoms with van der Waals surface area (Å²) < 4.78 is 0. The quantitative estimate of drug-likeness (QED) is 0.834. The Hall–Kier alpha value is -2.20. The average molecular weight is 349 g/mol. The van der Waals surface area contributed by atoms with Gasteiger partial charge in [-0.2, -0.15) is 0 Å². The molecule has 4 nitrogen and oxygen atoms in total. The Morgan fingerprint density at radius 2 is 2.00 bits per heavy atom. The highest BCUT2D eigenvalue weighted by molar-refractivity contribution is 5.73. The van der Waals surface area contributed by atoms with Crippen LogP contribution in [0.1, 0.15) is 42.9 Å². The van der Waals surface area contributed by atoms with Crippen LogP contribution in [-0.4, -0.2) is 39.3 Å². The van der Waals surface area contributed by atoms with Crippen molar-refractivity contribution in [2.75, 3.05) is 13.1 Å². The van der Waals surface area contributed by atoms with E-state index in [-0.39, 0.29) is 11.4 Å². The van der Waals surface area contributed by atoms with Crippen molar-refractivity contribution >= 4 is 5.91 Å². The molecule has 1 aromatic carbocycles. The highest BCUT2D eigenvalue weighted by atomic mass is 16.2. The summed E-state index contributed by atoms with van der Waals surface area (Å²) in [5.74, 6) is 0.174. The summed E-state index contributed by atoms with van der Waals surface area (Å²) >= 11 is 0. The van der Waals surface area contributed by atoms with Gasteiger partial charge in [-0.1, -0.05) is 36.8 Å². The molecule has 136 valence electrons. The van der Waals surface area contributed by atoms with E-state index in [9.17, 15) is 4.79 Å². The van der Waals surface area contributed by atoms with E-state index in [2.05, 4.69) is 40.2 Å². The van der Waals surface area contributed by atoms with E-state index in [1.165, 1.54) is 29.5 Å². The predicted octanol–water partition coefficient (Wildman–Crippen LogP) is 3.41. The molecule has 3 heterocycles. The molecule has 2 aromatic rings. The largest absolute Gasteiger partial charge is 0.337 e. The fraction of sp³-hybridized carbons (Fsp3) is 0.455. The lowest BCUT2D eigenvalue weighted by atomic mass is 9.80. The zero-order valence-corrected chi connectivity index (χ0v) is 15.5. The summed E-state index contributed by atoms with van der Waals surface area (Å²) in [7, 11) is 0. The fourth-order valence-corrected chi connectivity index (χ4v) is 4.62. The molecular formula is C22H27N3O. The predicted molar refractivity (Wildman–Crippen MR) is 102 cm³/mol. The van der Waals surface area contributed by atoms with Gasteiger partial charge in [0.05, 0.1) is 0 Å². The summed E-state index contributed by atoms with van der Waals surface area (Å²) in [6, 6.07) is 12.8. The summed E-state index contributed by atoms with van der Waals surface area (Å²) in [4.78, 5) is 21.3. The van der Waals surface area contributed by atoms with Gasteiger partial charge < -0.3 is 4.90 Å². The number of rotatable bonds is 2. The van der Waals surface area contributed by atoms with Crippen LogP contribution in [0.4, 0.5) is 0 Å². The van der Waals surface area contributed by atoms with Gasteiger partial charge in [0, 0.05) is 44.5 Å². The lowest BCUT2D eigenvalue weighted by molar-refractivity contribution is -0.132. The molecule has 1 aromatic heterocycles. The Kier molecular flexibility index (Phi) is 4.77. The van der Waals surface area contributed by atoms with E-state index in [0.29, 0.717) is 0 Å². The number of piperidine rings is 1. The van der Waals surface area contributed by atoms with Gasteiger partial charge in [0.1, 0.15) is 0 Å². The van der Waals surface area contributed by atoms with Crippen LogP contribution in [-0.2, 0) is 24.3 Å². The Morgan fingerprint density at radius 1 is 1.15 bits per heavy atom. The molecule has 1 amide bonds. The Morgan fingerprint density at radius 3 is 2.77 bits per heavy atom. The number of aromatic nitrogens is 1. The Bertz CT molecular complexity index is 776. The summed E-state index contributed by atoms with van der Waals surface area (Å²) in [5.41, 5.74) is 3.97. The van der Waals surface area contributed by atoms with Crippen LogP contribution in [0.3, 0.4) is 0 Å². The molecule has 4 rings (SSSR count). The smallest absolute Gasteiger partial charge is 0.219 e. The molecule has 4 heteroatoms. The van der Waals surface area contributed by atoms with Crippen LogP contribution < -0.4 is 0 Å². The molecule has 2 aliphatic heterocycles. The molecule has 1 fully saturated rings. The second kappa shape index (κ2) is 7.20. The van der Waals surface area contributed by atoms with Gasteiger partial charge >= 0.3 is 0 Å². The van der Waals surface area contributed by atoms with Gasteiger partial charge in [0.2, 0.25) is 5.91 Å². The third-order valence-electron chi connectivity index (χ3n) is 6.02. The van der Waals surface area contributed by atoms with E-state index in [0.717, 1.165) is 39.0 Å². The lowest BCUT2D eigenvalue weighted by Crippen LogP contribution is -2.58. The standard InChI is InChI=1S/C22H27N3O/c1-18(26)24-16-21-9-3-2-8-20(21)13-22(17-24)10-4-5-12-25(22)15-19-7-6-11-23-14-19/h2-3,6-9,11,14H,4-5,10,12-13,15-17H2,1H3. The molecule has 26 heavy (non-hydrogen) atoms. The maximum atomic E-state index is 12.3. The van der Waals surface area contributed by atoms with Crippen LogP contribution in [0.25, 0.3) is 0 Å². The van der Waals surface area contributed by atoms with E-state index in [4.69, 9.17) is 0 Å². The highest BCUT2D eigenvalue weighted by Crippen LogP contribution is 2.37. The minimum Gasteiger partial charge on any atom is -0.337 e. The molecule has 1 unspecified atom stereocenters. The normalized spacial score (nSPS) is 23.5. The van der Waals surface area contributed by atoms with E-state index in [1.807, 2.05) is 23.4 Å². The molecular weight excluding hydrogens is 322 g/mol. The number of pyridine rings is 1. The molecule has 1 saturated heterocycles. The number of hydrogen-bond acceptors (Lipinski definition) is 3. The van der Waals surface area contributed by atoms with Gasteiger partial charge in [0.15, 0.2) is 0 Å². The molecule has 1 atom stereocenters. The van der Waals surface area contributed by atoms with Crippen molar-refractivity contribution in [3.63, 3.8) is 0 Å². The number of hydrogen-bond donors (Lipinski definition) is 0. The van der Waals surface area contributed by atoms with Crippen LogP contribution in [0.5, 0.6) is 0 Å². The molecule has 0 radical (unpaired) electrons. The molecule has 1 spiro atoms. The van der Waals surface area contributed by atoms with Gasteiger partial charge in [-0.3, -0.25) is 14.7 Å². The number of carbonyl (C=O) groups is 1. The summed E-state index contributed by atoms with van der Waals surface area (Å²) in [6.45, 7) is 5.24. The van der Waals surface area contributed by atoms with Crippen molar-refractivity contribution in [2.24, 2.45) is 0 Å². The third-order valence-corrected chi connectivity index (χ3v) is 6.02. The zero-order chi connectivity index (χ0) is 18.0.